The molecule has 6 nitrogen and oxygen atoms in total. The molecule has 1 aromatic rings. The molecule has 1 heterocycles. The van der Waals surface area contributed by atoms with E-state index in [0.29, 0.717) is 13.2 Å². The monoisotopic (exact) mass is 361 g/mol. The molecule has 1 aromatic carbocycles. The first-order valence-electron chi connectivity index (χ1n) is 9.35. The Bertz CT molecular complexity index is 618. The van der Waals surface area contributed by atoms with Gasteiger partial charge in [-0.15, -0.1) is 0 Å². The van der Waals surface area contributed by atoms with E-state index in [1.54, 1.807) is 14.2 Å². The summed E-state index contributed by atoms with van der Waals surface area (Å²) in [6.07, 6.45) is 1.84. The molecule has 0 saturated carbocycles. The lowest BCUT2D eigenvalue weighted by molar-refractivity contribution is -0.149. The molecule has 1 aliphatic rings. The van der Waals surface area contributed by atoms with Crippen LogP contribution in [0.4, 0.5) is 0 Å². The molecule has 1 fully saturated rings. The number of carbonyl (C=O) groups excluding carboxylic acids is 1. The van der Waals surface area contributed by atoms with Crippen LogP contribution in [-0.4, -0.2) is 57.2 Å². The molecule has 26 heavy (non-hydrogen) atoms. The lowest BCUT2D eigenvalue weighted by Gasteiger charge is -2.34. The fourth-order valence-electron chi connectivity index (χ4n) is 3.38. The number of aliphatic imine (C=N–C) groups is 1. The second-order valence-electron chi connectivity index (χ2n) is 6.61. The lowest BCUT2D eigenvalue weighted by atomic mass is 9.98. The number of rotatable bonds is 6. The average molecular weight is 361 g/mol. The van der Waals surface area contributed by atoms with Crippen molar-refractivity contribution in [2.75, 3.05) is 40.4 Å². The van der Waals surface area contributed by atoms with Crippen LogP contribution in [-0.2, 0) is 9.53 Å². The van der Waals surface area contributed by atoms with Gasteiger partial charge in [0, 0.05) is 32.6 Å². The summed E-state index contributed by atoms with van der Waals surface area (Å²) in [6, 6.07) is 8.07. The van der Waals surface area contributed by atoms with E-state index in [0.717, 1.165) is 37.6 Å². The van der Waals surface area contributed by atoms with Crippen molar-refractivity contribution in [3.05, 3.63) is 29.8 Å². The molecule has 1 N–H and O–H groups in total. The molecule has 144 valence electrons. The third kappa shape index (κ3) is 5.13. The van der Waals surface area contributed by atoms with Crippen molar-refractivity contribution in [3.8, 4) is 5.75 Å². The van der Waals surface area contributed by atoms with E-state index in [2.05, 4.69) is 28.2 Å². The molecule has 1 saturated heterocycles. The van der Waals surface area contributed by atoms with Crippen LogP contribution in [0.1, 0.15) is 38.2 Å². The summed E-state index contributed by atoms with van der Waals surface area (Å²) in [6.45, 7) is 6.74. The van der Waals surface area contributed by atoms with Gasteiger partial charge >= 0.3 is 5.97 Å². The molecular weight excluding hydrogens is 330 g/mol. The van der Waals surface area contributed by atoms with Crippen LogP contribution in [0.25, 0.3) is 0 Å². The normalized spacial score (nSPS) is 19.0. The van der Waals surface area contributed by atoms with Gasteiger partial charge in [0.05, 0.1) is 19.6 Å². The van der Waals surface area contributed by atoms with Gasteiger partial charge in [0.2, 0.25) is 0 Å². The second kappa shape index (κ2) is 10.0. The van der Waals surface area contributed by atoms with E-state index in [9.17, 15) is 4.79 Å². The van der Waals surface area contributed by atoms with Crippen LogP contribution in [0.3, 0.4) is 0 Å². The summed E-state index contributed by atoms with van der Waals surface area (Å²) >= 11 is 0. The average Bonchev–Trinajstić information content (AvgIpc) is 2.68. The van der Waals surface area contributed by atoms with Crippen molar-refractivity contribution in [2.24, 2.45) is 10.9 Å². The zero-order chi connectivity index (χ0) is 18.9. The first-order valence-corrected chi connectivity index (χ1v) is 9.35. The van der Waals surface area contributed by atoms with Crippen molar-refractivity contribution in [2.45, 2.75) is 32.6 Å². The van der Waals surface area contributed by atoms with E-state index in [1.807, 2.05) is 25.1 Å². The van der Waals surface area contributed by atoms with Crippen LogP contribution in [0, 0.1) is 5.92 Å². The minimum absolute atomic E-state index is 0.0751. The number of piperidine rings is 1. The molecule has 1 aliphatic heterocycles. The molecule has 0 radical (unpaired) electrons. The largest absolute Gasteiger partial charge is 0.496 e. The van der Waals surface area contributed by atoms with Gasteiger partial charge in [0.1, 0.15) is 5.75 Å². The number of ether oxygens (including phenoxy) is 2. The maximum Gasteiger partial charge on any atom is 0.310 e. The first kappa shape index (κ1) is 20.1. The number of nitrogens with zero attached hydrogens (tertiary/aromatic N) is 2. The van der Waals surface area contributed by atoms with Crippen LogP contribution < -0.4 is 10.1 Å². The fraction of sp³-hybridized carbons (Fsp3) is 0.600. The summed E-state index contributed by atoms with van der Waals surface area (Å²) in [7, 11) is 3.48. The third-order valence-electron chi connectivity index (χ3n) is 4.79. The summed E-state index contributed by atoms with van der Waals surface area (Å²) in [4.78, 5) is 18.6. The number of guanidine groups is 1. The highest BCUT2D eigenvalue weighted by atomic mass is 16.5. The van der Waals surface area contributed by atoms with Gasteiger partial charge in [-0.05, 0) is 31.4 Å². The number of likely N-dealkylation sites (tertiary alicyclic amines) is 1. The Morgan fingerprint density at radius 1 is 1.42 bits per heavy atom. The molecule has 0 bridgehead atoms. The van der Waals surface area contributed by atoms with E-state index < -0.39 is 0 Å². The van der Waals surface area contributed by atoms with Crippen molar-refractivity contribution < 1.29 is 14.3 Å². The maximum atomic E-state index is 12.1. The molecular formula is C20H31N3O3. The Hall–Kier alpha value is -2.24. The van der Waals surface area contributed by atoms with Gasteiger partial charge in [0.25, 0.3) is 0 Å². The number of methoxy groups -OCH3 is 1. The molecule has 0 aliphatic carbocycles. The maximum absolute atomic E-state index is 12.1. The quantitative estimate of drug-likeness (QED) is 0.479. The Morgan fingerprint density at radius 3 is 2.88 bits per heavy atom. The van der Waals surface area contributed by atoms with Gasteiger partial charge in [0.15, 0.2) is 5.96 Å². The lowest BCUT2D eigenvalue weighted by Crippen LogP contribution is -2.48. The second-order valence-corrected chi connectivity index (χ2v) is 6.61. The van der Waals surface area contributed by atoms with E-state index in [1.165, 1.54) is 5.56 Å². The Labute approximate surface area is 156 Å². The van der Waals surface area contributed by atoms with Crippen LogP contribution in [0.5, 0.6) is 5.75 Å². The van der Waals surface area contributed by atoms with Gasteiger partial charge < -0.3 is 19.7 Å². The summed E-state index contributed by atoms with van der Waals surface area (Å²) < 4.78 is 10.6. The summed E-state index contributed by atoms with van der Waals surface area (Å²) in [5, 5.41) is 3.45. The standard InChI is InChI=1S/C20H31N3O3/c1-5-26-19(24)16-9-8-12-23(14-16)20(21-3)22-13-15(2)17-10-6-7-11-18(17)25-4/h6-7,10-11,15-16H,5,8-9,12-14H2,1-4H3,(H,21,22). The smallest absolute Gasteiger partial charge is 0.310 e. The van der Waals surface area contributed by atoms with Crippen molar-refractivity contribution >= 4 is 11.9 Å². The van der Waals surface area contributed by atoms with Crippen molar-refractivity contribution in [3.63, 3.8) is 0 Å². The highest BCUT2D eigenvalue weighted by Crippen LogP contribution is 2.25. The Morgan fingerprint density at radius 2 is 2.19 bits per heavy atom. The summed E-state index contributed by atoms with van der Waals surface area (Å²) in [5.74, 6) is 1.83. The Balaban J connectivity index is 1.95. The van der Waals surface area contributed by atoms with Gasteiger partial charge in [-0.1, -0.05) is 25.1 Å². The number of carbonyl (C=O) groups is 1. The highest BCUT2D eigenvalue weighted by molar-refractivity contribution is 5.81. The van der Waals surface area contributed by atoms with Gasteiger partial charge in [-0.2, -0.15) is 0 Å². The number of esters is 1. The van der Waals surface area contributed by atoms with Crippen LogP contribution in [0.2, 0.25) is 0 Å². The van der Waals surface area contributed by atoms with Crippen LogP contribution in [0.15, 0.2) is 29.3 Å². The Kier molecular flexibility index (Phi) is 7.75. The minimum Gasteiger partial charge on any atom is -0.496 e. The molecule has 2 rings (SSSR count). The number of para-hydroxylation sites is 1. The van der Waals surface area contributed by atoms with Gasteiger partial charge in [-0.3, -0.25) is 9.79 Å². The third-order valence-corrected chi connectivity index (χ3v) is 4.79. The molecule has 6 heteroatoms. The van der Waals surface area contributed by atoms with E-state index in [-0.39, 0.29) is 17.8 Å². The molecule has 0 spiro atoms. The topological polar surface area (TPSA) is 63.2 Å². The number of hydrogen-bond acceptors (Lipinski definition) is 4. The molecule has 2 unspecified atom stereocenters. The molecule has 0 aromatic heterocycles. The van der Waals surface area contributed by atoms with Gasteiger partial charge in [-0.25, -0.2) is 0 Å². The highest BCUT2D eigenvalue weighted by Gasteiger charge is 2.28. The van der Waals surface area contributed by atoms with Crippen molar-refractivity contribution in [1.82, 2.24) is 10.2 Å². The predicted molar refractivity (Wildman–Crippen MR) is 104 cm³/mol. The minimum atomic E-state index is -0.102. The van der Waals surface area contributed by atoms with E-state index >= 15 is 0 Å². The molecule has 0 amide bonds. The number of hydrogen-bond donors (Lipinski definition) is 1. The summed E-state index contributed by atoms with van der Waals surface area (Å²) in [5.41, 5.74) is 1.17. The number of nitrogens with one attached hydrogen (secondary N) is 1. The first-order chi connectivity index (χ1) is 12.6. The fourth-order valence-corrected chi connectivity index (χ4v) is 3.38. The van der Waals surface area contributed by atoms with E-state index in [4.69, 9.17) is 9.47 Å². The zero-order valence-corrected chi connectivity index (χ0v) is 16.3. The number of benzene rings is 1. The van der Waals surface area contributed by atoms with Crippen molar-refractivity contribution in [1.29, 1.82) is 0 Å². The zero-order valence-electron chi connectivity index (χ0n) is 16.3. The SMILES string of the molecule is CCOC(=O)C1CCCN(C(=NC)NCC(C)c2ccccc2OC)C1. The molecule has 2 atom stereocenters. The van der Waals surface area contributed by atoms with Crippen LogP contribution >= 0.6 is 0 Å². The predicted octanol–water partition coefficient (Wildman–Crippen LogP) is 2.65.